The van der Waals surface area contributed by atoms with Crippen LogP contribution in [0.1, 0.15) is 40.8 Å². The zero-order valence-corrected chi connectivity index (χ0v) is 20.7. The summed E-state index contributed by atoms with van der Waals surface area (Å²) in [6, 6.07) is 5.75. The molecule has 2 aromatic rings. The molecule has 39 heavy (non-hydrogen) atoms. The maximum Gasteiger partial charge on any atom is 0.416 e. The lowest BCUT2D eigenvalue weighted by Crippen LogP contribution is -2.47. The second-order valence-corrected chi connectivity index (χ2v) is 9.34. The van der Waals surface area contributed by atoms with Crippen LogP contribution in [-0.4, -0.2) is 67.1 Å². The summed E-state index contributed by atoms with van der Waals surface area (Å²) in [4.78, 5) is 4.05. The van der Waals surface area contributed by atoms with E-state index in [9.17, 15) is 35.8 Å². The van der Waals surface area contributed by atoms with Crippen LogP contribution in [0.5, 0.6) is 0 Å². The molecule has 4 rings (SSSR count). The summed E-state index contributed by atoms with van der Waals surface area (Å²) in [6.45, 7) is 2.45. The predicted molar refractivity (Wildman–Crippen MR) is 127 cm³/mol. The van der Waals surface area contributed by atoms with Gasteiger partial charge in [0.1, 0.15) is 11.9 Å². The van der Waals surface area contributed by atoms with Gasteiger partial charge in [-0.15, -0.1) is 0 Å². The molecule has 2 unspecified atom stereocenters. The number of ether oxygens (including phenoxy) is 2. The molecular formula is C27H27F7N2O3. The van der Waals surface area contributed by atoms with Gasteiger partial charge in [-0.1, -0.05) is 24.0 Å². The highest BCUT2D eigenvalue weighted by molar-refractivity contribution is 5.35. The summed E-state index contributed by atoms with van der Waals surface area (Å²) in [5.74, 6) is 5.68. The van der Waals surface area contributed by atoms with Gasteiger partial charge in [0.15, 0.2) is 6.29 Å². The fourth-order valence-electron chi connectivity index (χ4n) is 4.43. The Balaban J connectivity index is 1.62. The van der Waals surface area contributed by atoms with Crippen molar-refractivity contribution in [2.45, 2.75) is 37.2 Å². The lowest BCUT2D eigenvalue weighted by molar-refractivity contribution is -0.235. The van der Waals surface area contributed by atoms with Crippen LogP contribution in [0.4, 0.5) is 30.7 Å². The van der Waals surface area contributed by atoms with Gasteiger partial charge in [-0.3, -0.25) is 9.80 Å². The number of aliphatic hydroxyl groups is 1. The highest BCUT2D eigenvalue weighted by Crippen LogP contribution is 2.39. The van der Waals surface area contributed by atoms with Crippen molar-refractivity contribution in [1.82, 2.24) is 9.80 Å². The molecule has 2 aliphatic heterocycles. The molecule has 12 heteroatoms. The van der Waals surface area contributed by atoms with Crippen LogP contribution in [0.25, 0.3) is 0 Å². The van der Waals surface area contributed by atoms with Crippen LogP contribution in [-0.2, 0) is 21.8 Å². The minimum atomic E-state index is -5.06. The fourth-order valence-corrected chi connectivity index (χ4v) is 4.43. The number of hydrogen-bond acceptors (Lipinski definition) is 5. The lowest BCUT2D eigenvalue weighted by Gasteiger charge is -2.41. The molecular weight excluding hydrogens is 533 g/mol. The van der Waals surface area contributed by atoms with Crippen LogP contribution in [0.3, 0.4) is 0 Å². The minimum absolute atomic E-state index is 0.0109. The largest absolute Gasteiger partial charge is 0.416 e. The first-order chi connectivity index (χ1) is 18.5. The Bertz CT molecular complexity index is 1140. The highest BCUT2D eigenvalue weighted by Gasteiger charge is 2.40. The summed E-state index contributed by atoms with van der Waals surface area (Å²) < 4.78 is 106. The van der Waals surface area contributed by atoms with Gasteiger partial charge in [0.05, 0.1) is 43.5 Å². The molecule has 2 aromatic carbocycles. The third kappa shape index (κ3) is 7.49. The Morgan fingerprint density at radius 1 is 0.923 bits per heavy atom. The van der Waals surface area contributed by atoms with Crippen LogP contribution in [0.15, 0.2) is 42.5 Å². The number of rotatable bonds is 7. The Morgan fingerprint density at radius 3 is 2.08 bits per heavy atom. The van der Waals surface area contributed by atoms with E-state index in [1.807, 2.05) is 4.90 Å². The standard InChI is InChI=1S/C27H27F7N2O3/c28-22-6-4-18(5-7-22)24-25(38-13-12-36(24)11-2-1-8-35-9-3-10-35)39-23(17-37)19-14-20(26(29,30)31)16-21(15-19)27(32,33)34/h4-7,14-16,23-25,37H,3,8-13,17H2/t23-,24?,25?/m1/s1. The number of morpholine rings is 1. The van der Waals surface area contributed by atoms with E-state index in [2.05, 4.69) is 16.7 Å². The second kappa shape index (κ2) is 12.2. The second-order valence-electron chi connectivity index (χ2n) is 9.34. The molecule has 0 amide bonds. The van der Waals surface area contributed by atoms with Crippen molar-refractivity contribution in [3.05, 3.63) is 70.5 Å². The molecule has 0 saturated carbocycles. The predicted octanol–water partition coefficient (Wildman–Crippen LogP) is 5.02. The Hall–Kier alpha value is -2.69. The first-order valence-corrected chi connectivity index (χ1v) is 12.3. The van der Waals surface area contributed by atoms with Crippen LogP contribution < -0.4 is 0 Å². The molecule has 2 aliphatic rings. The lowest BCUT2D eigenvalue weighted by atomic mass is 10.00. The molecule has 212 valence electrons. The quantitative estimate of drug-likeness (QED) is 0.381. The molecule has 0 aromatic heterocycles. The van der Waals surface area contributed by atoms with Crippen molar-refractivity contribution < 1.29 is 45.3 Å². The number of alkyl halides is 6. The first kappa shape index (κ1) is 29.3. The molecule has 5 nitrogen and oxygen atoms in total. The minimum Gasteiger partial charge on any atom is -0.393 e. The molecule has 0 aliphatic carbocycles. The van der Waals surface area contributed by atoms with Gasteiger partial charge in [0.2, 0.25) is 0 Å². The van der Waals surface area contributed by atoms with Crippen molar-refractivity contribution in [2.24, 2.45) is 0 Å². The number of benzene rings is 2. The fraction of sp³-hybridized carbons (Fsp3) is 0.481. The van der Waals surface area contributed by atoms with Gasteiger partial charge in [-0.25, -0.2) is 4.39 Å². The highest BCUT2D eigenvalue weighted by atomic mass is 19.4. The van der Waals surface area contributed by atoms with Crippen molar-refractivity contribution in [2.75, 3.05) is 45.9 Å². The SMILES string of the molecule is OC[C@@H](OC1OCCN(CC#CCN2CCC2)C1c1ccc(F)cc1)c1cc(C(F)(F)F)cc(C(F)(F)F)c1. The monoisotopic (exact) mass is 560 g/mol. The molecule has 2 heterocycles. The van der Waals surface area contributed by atoms with Gasteiger partial charge in [-0.2, -0.15) is 26.3 Å². The molecule has 0 spiro atoms. The Kier molecular flexibility index (Phi) is 9.18. The van der Waals surface area contributed by atoms with Crippen LogP contribution in [0.2, 0.25) is 0 Å². The summed E-state index contributed by atoms with van der Waals surface area (Å²) in [7, 11) is 0. The van der Waals surface area contributed by atoms with Gasteiger partial charge < -0.3 is 14.6 Å². The average Bonchev–Trinajstić information content (AvgIpc) is 2.85. The van der Waals surface area contributed by atoms with E-state index < -0.39 is 59.9 Å². The van der Waals surface area contributed by atoms with Crippen molar-refractivity contribution in [3.63, 3.8) is 0 Å². The molecule has 0 bridgehead atoms. The van der Waals surface area contributed by atoms with E-state index in [0.717, 1.165) is 19.5 Å². The zero-order chi connectivity index (χ0) is 28.2. The third-order valence-corrected chi connectivity index (χ3v) is 6.63. The first-order valence-electron chi connectivity index (χ1n) is 12.3. The van der Waals surface area contributed by atoms with E-state index in [4.69, 9.17) is 9.47 Å². The molecule has 3 atom stereocenters. The van der Waals surface area contributed by atoms with Crippen molar-refractivity contribution in [1.29, 1.82) is 0 Å². The Labute approximate surface area is 221 Å². The van der Waals surface area contributed by atoms with Crippen molar-refractivity contribution in [3.8, 4) is 11.8 Å². The normalized spacial score (nSPS) is 21.6. The van der Waals surface area contributed by atoms with E-state index in [0.29, 0.717) is 30.8 Å². The van der Waals surface area contributed by atoms with Gasteiger partial charge in [-0.05, 0) is 47.9 Å². The van der Waals surface area contributed by atoms with Gasteiger partial charge in [0.25, 0.3) is 0 Å². The number of hydrogen-bond donors (Lipinski definition) is 1. The molecule has 2 saturated heterocycles. The van der Waals surface area contributed by atoms with E-state index >= 15 is 0 Å². The smallest absolute Gasteiger partial charge is 0.393 e. The maximum absolute atomic E-state index is 13.6. The summed E-state index contributed by atoms with van der Waals surface area (Å²) in [6.07, 6.45) is -11.8. The third-order valence-electron chi connectivity index (χ3n) is 6.63. The molecule has 2 fully saturated rings. The van der Waals surface area contributed by atoms with Gasteiger partial charge >= 0.3 is 12.4 Å². The topological polar surface area (TPSA) is 45.2 Å². The Morgan fingerprint density at radius 2 is 1.54 bits per heavy atom. The summed E-state index contributed by atoms with van der Waals surface area (Å²) in [5, 5.41) is 9.98. The number of nitrogens with zero attached hydrogens (tertiary/aromatic N) is 2. The van der Waals surface area contributed by atoms with Crippen molar-refractivity contribution >= 4 is 0 Å². The number of aliphatic hydroxyl groups excluding tert-OH is 1. The zero-order valence-electron chi connectivity index (χ0n) is 20.7. The van der Waals surface area contributed by atoms with E-state index in [-0.39, 0.29) is 19.2 Å². The van der Waals surface area contributed by atoms with Crippen LogP contribution in [0, 0.1) is 17.7 Å². The number of likely N-dealkylation sites (tertiary alicyclic amines) is 1. The molecule has 0 radical (unpaired) electrons. The molecule has 1 N–H and O–H groups in total. The van der Waals surface area contributed by atoms with E-state index in [1.54, 1.807) is 0 Å². The van der Waals surface area contributed by atoms with Gasteiger partial charge in [0, 0.05) is 19.6 Å². The van der Waals surface area contributed by atoms with E-state index in [1.165, 1.54) is 24.3 Å². The summed E-state index contributed by atoms with van der Waals surface area (Å²) >= 11 is 0. The van der Waals surface area contributed by atoms with Crippen LogP contribution >= 0.6 is 0 Å². The average molecular weight is 561 g/mol. The summed E-state index contributed by atoms with van der Waals surface area (Å²) in [5.41, 5.74) is -3.00. The number of halogens is 7. The maximum atomic E-state index is 13.6.